The average molecular weight is 192 g/mol. The Morgan fingerprint density at radius 1 is 1.46 bits per heavy atom. The van der Waals surface area contributed by atoms with E-state index in [2.05, 4.69) is 6.07 Å². The van der Waals surface area contributed by atoms with Crippen molar-refractivity contribution in [1.29, 1.82) is 5.26 Å². The monoisotopic (exact) mass is 191 g/mol. The molecule has 2 nitrogen and oxygen atoms in total. The van der Waals surface area contributed by atoms with Gasteiger partial charge in [0.05, 0.1) is 11.6 Å². The first-order valence-electron chi connectivity index (χ1n) is 3.81. The summed E-state index contributed by atoms with van der Waals surface area (Å²) in [4.78, 5) is 0. The van der Waals surface area contributed by atoms with E-state index in [4.69, 9.17) is 21.3 Å². The van der Waals surface area contributed by atoms with E-state index in [1.54, 1.807) is 12.1 Å². The van der Waals surface area contributed by atoms with Crippen molar-refractivity contribution in [2.45, 2.75) is 6.92 Å². The molecule has 0 aliphatic carbocycles. The molecule has 64 valence electrons. The molecule has 3 heteroatoms. The molecule has 0 spiro atoms. The Morgan fingerprint density at radius 2 is 2.23 bits per heavy atom. The van der Waals surface area contributed by atoms with Crippen LogP contribution in [0.15, 0.2) is 22.6 Å². The number of hydrogen-bond acceptors (Lipinski definition) is 2. The Balaban J connectivity index is 2.94. The zero-order chi connectivity index (χ0) is 9.42. The van der Waals surface area contributed by atoms with Gasteiger partial charge in [0.15, 0.2) is 5.22 Å². The molecule has 0 atom stereocenters. The zero-order valence-electron chi connectivity index (χ0n) is 6.97. The number of rotatable bonds is 0. The van der Waals surface area contributed by atoms with Crippen LogP contribution in [0.25, 0.3) is 11.0 Å². The van der Waals surface area contributed by atoms with Crippen molar-refractivity contribution in [1.82, 2.24) is 0 Å². The van der Waals surface area contributed by atoms with E-state index in [0.717, 1.165) is 10.9 Å². The normalized spacial score (nSPS) is 10.2. The van der Waals surface area contributed by atoms with Gasteiger partial charge >= 0.3 is 0 Å². The van der Waals surface area contributed by atoms with Gasteiger partial charge in [0.1, 0.15) is 5.58 Å². The third-order valence-electron chi connectivity index (χ3n) is 1.97. The first-order chi connectivity index (χ1) is 6.22. The van der Waals surface area contributed by atoms with Crippen LogP contribution in [-0.4, -0.2) is 0 Å². The van der Waals surface area contributed by atoms with Gasteiger partial charge in [0, 0.05) is 11.5 Å². The summed E-state index contributed by atoms with van der Waals surface area (Å²) >= 11 is 5.71. The van der Waals surface area contributed by atoms with Crippen LogP contribution in [-0.2, 0) is 0 Å². The Kier molecular flexibility index (Phi) is 1.75. The molecule has 0 saturated heterocycles. The quantitative estimate of drug-likeness (QED) is 0.641. The molecule has 0 bridgehead atoms. The van der Waals surface area contributed by atoms with Crippen LogP contribution in [0.3, 0.4) is 0 Å². The second-order valence-corrected chi connectivity index (χ2v) is 3.21. The summed E-state index contributed by atoms with van der Waals surface area (Å²) in [6.07, 6.45) is 0. The van der Waals surface area contributed by atoms with Gasteiger partial charge in [-0.05, 0) is 30.2 Å². The van der Waals surface area contributed by atoms with Crippen LogP contribution >= 0.6 is 11.6 Å². The number of benzene rings is 1. The molecule has 0 saturated carbocycles. The second kappa shape index (κ2) is 2.79. The highest BCUT2D eigenvalue weighted by Crippen LogP contribution is 2.28. The predicted molar refractivity (Wildman–Crippen MR) is 50.7 cm³/mol. The highest BCUT2D eigenvalue weighted by Gasteiger charge is 2.08. The molecular formula is C10H6ClNO. The zero-order valence-corrected chi connectivity index (χ0v) is 7.72. The summed E-state index contributed by atoms with van der Waals surface area (Å²) in [6.45, 7) is 1.92. The van der Waals surface area contributed by atoms with Gasteiger partial charge in [0.25, 0.3) is 0 Å². The summed E-state index contributed by atoms with van der Waals surface area (Å²) in [6, 6.07) is 7.38. The third kappa shape index (κ3) is 1.18. The van der Waals surface area contributed by atoms with E-state index in [0.29, 0.717) is 16.4 Å². The second-order valence-electron chi connectivity index (χ2n) is 2.84. The van der Waals surface area contributed by atoms with Crippen molar-refractivity contribution >= 4 is 22.6 Å². The minimum atomic E-state index is 0.320. The van der Waals surface area contributed by atoms with Crippen LogP contribution in [0.5, 0.6) is 0 Å². The first-order valence-corrected chi connectivity index (χ1v) is 4.19. The van der Waals surface area contributed by atoms with Crippen molar-refractivity contribution in [3.05, 3.63) is 34.5 Å². The minimum Gasteiger partial charge on any atom is -0.444 e. The van der Waals surface area contributed by atoms with Crippen LogP contribution in [0.1, 0.15) is 11.1 Å². The third-order valence-corrected chi connectivity index (χ3v) is 2.16. The van der Waals surface area contributed by atoms with Gasteiger partial charge in [-0.15, -0.1) is 0 Å². The minimum absolute atomic E-state index is 0.320. The maximum absolute atomic E-state index is 8.80. The van der Waals surface area contributed by atoms with E-state index < -0.39 is 0 Å². The van der Waals surface area contributed by atoms with Gasteiger partial charge in [-0.3, -0.25) is 0 Å². The summed E-state index contributed by atoms with van der Waals surface area (Å²) < 4.78 is 5.26. The van der Waals surface area contributed by atoms with Gasteiger partial charge in [-0.2, -0.15) is 5.26 Å². The van der Waals surface area contributed by atoms with E-state index in [9.17, 15) is 0 Å². The van der Waals surface area contributed by atoms with Crippen molar-refractivity contribution < 1.29 is 4.42 Å². The molecular weight excluding hydrogens is 186 g/mol. The summed E-state index contributed by atoms with van der Waals surface area (Å²) in [5.74, 6) is 0. The van der Waals surface area contributed by atoms with Crippen molar-refractivity contribution in [2.24, 2.45) is 0 Å². The largest absolute Gasteiger partial charge is 0.444 e. The summed E-state index contributed by atoms with van der Waals surface area (Å²) in [7, 11) is 0. The molecule has 1 aromatic heterocycles. The molecule has 1 heterocycles. The Bertz CT molecular complexity index is 507. The molecule has 0 radical (unpaired) electrons. The molecule has 0 aliphatic heterocycles. The summed E-state index contributed by atoms with van der Waals surface area (Å²) in [5.41, 5.74) is 2.28. The molecule has 0 aliphatic rings. The van der Waals surface area contributed by atoms with E-state index in [-0.39, 0.29) is 0 Å². The number of furan rings is 1. The fraction of sp³-hybridized carbons (Fsp3) is 0.100. The number of aryl methyl sites for hydroxylation is 1. The highest BCUT2D eigenvalue weighted by atomic mass is 35.5. The lowest BCUT2D eigenvalue weighted by Gasteiger charge is -1.94. The maximum atomic E-state index is 8.80. The van der Waals surface area contributed by atoms with E-state index in [1.165, 1.54) is 0 Å². The lowest BCUT2D eigenvalue weighted by atomic mass is 10.1. The van der Waals surface area contributed by atoms with Crippen molar-refractivity contribution in [2.75, 3.05) is 0 Å². The summed E-state index contributed by atoms with van der Waals surface area (Å²) in [5, 5.41) is 9.91. The average Bonchev–Trinajstić information content (AvgIpc) is 2.48. The van der Waals surface area contributed by atoms with E-state index >= 15 is 0 Å². The number of nitrogens with zero attached hydrogens (tertiary/aromatic N) is 1. The van der Waals surface area contributed by atoms with Crippen LogP contribution in [0.4, 0.5) is 0 Å². The Morgan fingerprint density at radius 3 is 2.92 bits per heavy atom. The predicted octanol–water partition coefficient (Wildman–Crippen LogP) is 3.27. The molecule has 2 rings (SSSR count). The van der Waals surface area contributed by atoms with Crippen molar-refractivity contribution in [3.8, 4) is 6.07 Å². The standard InChI is InChI=1S/C10H6ClNO/c1-6-2-3-7(5-12)8-4-9(11)13-10(6)8/h2-4H,1H3. The SMILES string of the molecule is Cc1ccc(C#N)c2cc(Cl)oc12. The first kappa shape index (κ1) is 8.15. The molecule has 1 aromatic carbocycles. The highest BCUT2D eigenvalue weighted by molar-refractivity contribution is 6.29. The maximum Gasteiger partial charge on any atom is 0.194 e. The molecule has 0 unspecified atom stereocenters. The Hall–Kier alpha value is -1.46. The molecule has 0 fully saturated rings. The van der Waals surface area contributed by atoms with E-state index in [1.807, 2.05) is 13.0 Å². The topological polar surface area (TPSA) is 36.9 Å². The van der Waals surface area contributed by atoms with Gasteiger partial charge in [0.2, 0.25) is 0 Å². The van der Waals surface area contributed by atoms with Gasteiger partial charge < -0.3 is 4.42 Å². The van der Waals surface area contributed by atoms with Crippen LogP contribution in [0.2, 0.25) is 5.22 Å². The van der Waals surface area contributed by atoms with Gasteiger partial charge in [-0.1, -0.05) is 6.07 Å². The van der Waals surface area contributed by atoms with Crippen LogP contribution < -0.4 is 0 Å². The lowest BCUT2D eigenvalue weighted by Crippen LogP contribution is -1.78. The molecule has 0 N–H and O–H groups in total. The lowest BCUT2D eigenvalue weighted by molar-refractivity contribution is 0.615. The molecule has 0 amide bonds. The number of halogens is 1. The smallest absolute Gasteiger partial charge is 0.194 e. The Labute approximate surface area is 80.3 Å². The number of hydrogen-bond donors (Lipinski definition) is 0. The number of fused-ring (bicyclic) bond motifs is 1. The molecule has 13 heavy (non-hydrogen) atoms. The van der Waals surface area contributed by atoms with Crippen molar-refractivity contribution in [3.63, 3.8) is 0 Å². The number of nitriles is 1. The fourth-order valence-corrected chi connectivity index (χ4v) is 1.51. The fourth-order valence-electron chi connectivity index (χ4n) is 1.33. The van der Waals surface area contributed by atoms with Crippen LogP contribution in [0, 0.1) is 18.3 Å². The molecule has 2 aromatic rings. The van der Waals surface area contributed by atoms with Gasteiger partial charge in [-0.25, -0.2) is 0 Å².